The van der Waals surface area contributed by atoms with Gasteiger partial charge in [-0.1, -0.05) is 42.6 Å². The zero-order valence-corrected chi connectivity index (χ0v) is 18.1. The SMILES string of the molecule is O=C(CCS(=O)(=O)C1CCCC1)NCc1ccc(-n2cnc3ccccc32)cc1Cl. The summed E-state index contributed by atoms with van der Waals surface area (Å²) in [5, 5.41) is 3.04. The van der Waals surface area contributed by atoms with Crippen LogP contribution in [-0.4, -0.2) is 34.9 Å². The van der Waals surface area contributed by atoms with Gasteiger partial charge in [-0.3, -0.25) is 9.36 Å². The molecule has 30 heavy (non-hydrogen) atoms. The molecule has 1 amide bonds. The van der Waals surface area contributed by atoms with Crippen LogP contribution in [0.4, 0.5) is 0 Å². The highest BCUT2D eigenvalue weighted by atomic mass is 35.5. The number of carbonyl (C=O) groups is 1. The summed E-state index contributed by atoms with van der Waals surface area (Å²) in [6, 6.07) is 13.5. The summed E-state index contributed by atoms with van der Waals surface area (Å²) in [4.78, 5) is 16.5. The molecule has 4 rings (SSSR count). The van der Waals surface area contributed by atoms with Gasteiger partial charge in [0.05, 0.1) is 22.0 Å². The molecule has 3 aromatic rings. The van der Waals surface area contributed by atoms with Gasteiger partial charge in [-0.15, -0.1) is 0 Å². The molecule has 0 unspecified atom stereocenters. The summed E-state index contributed by atoms with van der Waals surface area (Å²) in [6.07, 6.45) is 5.09. The fourth-order valence-corrected chi connectivity index (χ4v) is 6.02. The van der Waals surface area contributed by atoms with Gasteiger partial charge in [0.2, 0.25) is 5.91 Å². The van der Waals surface area contributed by atoms with Gasteiger partial charge >= 0.3 is 0 Å². The first-order valence-corrected chi connectivity index (χ1v) is 12.2. The Morgan fingerprint density at radius 3 is 2.70 bits per heavy atom. The minimum atomic E-state index is -3.19. The number of imidazole rings is 1. The highest BCUT2D eigenvalue weighted by Crippen LogP contribution is 2.26. The van der Waals surface area contributed by atoms with Crippen LogP contribution in [0.2, 0.25) is 5.02 Å². The van der Waals surface area contributed by atoms with E-state index in [9.17, 15) is 13.2 Å². The molecule has 0 saturated heterocycles. The average molecular weight is 446 g/mol. The quantitative estimate of drug-likeness (QED) is 0.595. The average Bonchev–Trinajstić information content (AvgIpc) is 3.42. The fourth-order valence-electron chi connectivity index (χ4n) is 3.93. The number of para-hydroxylation sites is 2. The van der Waals surface area contributed by atoms with Gasteiger partial charge in [-0.05, 0) is 42.7 Å². The van der Waals surface area contributed by atoms with E-state index in [0.29, 0.717) is 5.02 Å². The van der Waals surface area contributed by atoms with Crippen molar-refractivity contribution in [2.45, 2.75) is 43.9 Å². The maximum Gasteiger partial charge on any atom is 0.221 e. The van der Waals surface area contributed by atoms with Crippen LogP contribution in [0, 0.1) is 0 Å². The molecule has 158 valence electrons. The number of hydrogen-bond donors (Lipinski definition) is 1. The van der Waals surface area contributed by atoms with Crippen LogP contribution in [0.5, 0.6) is 0 Å². The van der Waals surface area contributed by atoms with Crippen molar-refractivity contribution in [2.75, 3.05) is 5.75 Å². The number of nitrogens with one attached hydrogen (secondary N) is 1. The lowest BCUT2D eigenvalue weighted by Crippen LogP contribution is -2.28. The number of sulfone groups is 1. The predicted molar refractivity (Wildman–Crippen MR) is 119 cm³/mol. The third-order valence-electron chi connectivity index (χ3n) is 5.67. The Labute approximate surface area is 181 Å². The summed E-state index contributed by atoms with van der Waals surface area (Å²) in [5.41, 5.74) is 3.54. The Hall–Kier alpha value is -2.38. The van der Waals surface area contributed by atoms with Crippen LogP contribution in [0.3, 0.4) is 0 Å². The van der Waals surface area contributed by atoms with E-state index in [1.54, 1.807) is 6.33 Å². The summed E-state index contributed by atoms with van der Waals surface area (Å²) >= 11 is 6.44. The Kier molecular flexibility index (Phi) is 6.11. The van der Waals surface area contributed by atoms with Gasteiger partial charge < -0.3 is 5.32 Å². The zero-order valence-electron chi connectivity index (χ0n) is 16.6. The van der Waals surface area contributed by atoms with Crippen molar-refractivity contribution in [1.82, 2.24) is 14.9 Å². The van der Waals surface area contributed by atoms with E-state index in [4.69, 9.17) is 11.6 Å². The minimum absolute atomic E-state index is 0.0183. The van der Waals surface area contributed by atoms with E-state index in [0.717, 1.165) is 48.0 Å². The number of amides is 1. The van der Waals surface area contributed by atoms with Gasteiger partial charge in [0, 0.05) is 23.7 Å². The van der Waals surface area contributed by atoms with Crippen LogP contribution < -0.4 is 5.32 Å². The maximum absolute atomic E-state index is 12.3. The first-order valence-electron chi connectivity index (χ1n) is 10.1. The van der Waals surface area contributed by atoms with Crippen LogP contribution in [0.15, 0.2) is 48.8 Å². The lowest BCUT2D eigenvalue weighted by Gasteiger charge is -2.12. The Balaban J connectivity index is 1.36. The second kappa shape index (κ2) is 8.78. The van der Waals surface area contributed by atoms with Gasteiger partial charge in [0.15, 0.2) is 9.84 Å². The molecule has 1 N–H and O–H groups in total. The van der Waals surface area contributed by atoms with E-state index in [-0.39, 0.29) is 29.9 Å². The second-order valence-corrected chi connectivity index (χ2v) is 10.5. The fraction of sp³-hybridized carbons (Fsp3) is 0.364. The molecular formula is C22H24ClN3O3S. The minimum Gasteiger partial charge on any atom is -0.352 e. The number of aromatic nitrogens is 2. The molecule has 1 fully saturated rings. The summed E-state index contributed by atoms with van der Waals surface area (Å²) in [7, 11) is -3.19. The zero-order chi connectivity index (χ0) is 21.1. The van der Waals surface area contributed by atoms with E-state index in [1.807, 2.05) is 47.0 Å². The van der Waals surface area contributed by atoms with Crippen molar-refractivity contribution >= 4 is 38.4 Å². The number of halogens is 1. The predicted octanol–water partition coefficient (Wildman–Crippen LogP) is 4.04. The molecule has 1 saturated carbocycles. The molecule has 1 aliphatic carbocycles. The number of carbonyl (C=O) groups excluding carboxylic acids is 1. The summed E-state index contributed by atoms with van der Waals surface area (Å²) in [5.74, 6) is -0.374. The van der Waals surface area contributed by atoms with Crippen LogP contribution in [0.25, 0.3) is 16.7 Å². The molecular weight excluding hydrogens is 422 g/mol. The van der Waals surface area contributed by atoms with Crippen molar-refractivity contribution in [3.63, 3.8) is 0 Å². The van der Waals surface area contributed by atoms with Crippen molar-refractivity contribution in [2.24, 2.45) is 0 Å². The number of fused-ring (bicyclic) bond motifs is 1. The normalized spacial score (nSPS) is 15.0. The lowest BCUT2D eigenvalue weighted by atomic mass is 10.2. The van der Waals surface area contributed by atoms with Gasteiger partial charge in [0.1, 0.15) is 6.33 Å². The van der Waals surface area contributed by atoms with Gasteiger partial charge in [-0.25, -0.2) is 13.4 Å². The van der Waals surface area contributed by atoms with Gasteiger partial charge in [-0.2, -0.15) is 0 Å². The number of hydrogen-bond acceptors (Lipinski definition) is 4. The van der Waals surface area contributed by atoms with E-state index >= 15 is 0 Å². The van der Waals surface area contributed by atoms with Gasteiger partial charge in [0.25, 0.3) is 0 Å². The third kappa shape index (κ3) is 4.52. The van der Waals surface area contributed by atoms with Crippen molar-refractivity contribution in [3.8, 4) is 5.69 Å². The van der Waals surface area contributed by atoms with Crippen LogP contribution in [-0.2, 0) is 21.2 Å². The maximum atomic E-state index is 12.3. The largest absolute Gasteiger partial charge is 0.352 e. The first kappa shape index (κ1) is 20.9. The molecule has 0 bridgehead atoms. The Bertz CT molecular complexity index is 1170. The highest BCUT2D eigenvalue weighted by Gasteiger charge is 2.28. The van der Waals surface area contributed by atoms with E-state index in [2.05, 4.69) is 10.3 Å². The Morgan fingerprint density at radius 1 is 1.17 bits per heavy atom. The smallest absolute Gasteiger partial charge is 0.221 e. The number of nitrogens with zero attached hydrogens (tertiary/aromatic N) is 2. The molecule has 1 aliphatic rings. The van der Waals surface area contributed by atoms with Crippen molar-refractivity contribution in [1.29, 1.82) is 0 Å². The molecule has 6 nitrogen and oxygen atoms in total. The van der Waals surface area contributed by atoms with Crippen LogP contribution in [0.1, 0.15) is 37.7 Å². The third-order valence-corrected chi connectivity index (χ3v) is 8.28. The second-order valence-electron chi connectivity index (χ2n) is 7.68. The Morgan fingerprint density at radius 2 is 1.93 bits per heavy atom. The molecule has 0 spiro atoms. The van der Waals surface area contributed by atoms with Crippen LogP contribution >= 0.6 is 11.6 Å². The van der Waals surface area contributed by atoms with Crippen molar-refractivity contribution < 1.29 is 13.2 Å². The van der Waals surface area contributed by atoms with Crippen molar-refractivity contribution in [3.05, 3.63) is 59.4 Å². The molecule has 0 aliphatic heterocycles. The summed E-state index contributed by atoms with van der Waals surface area (Å²) < 4.78 is 26.6. The van der Waals surface area contributed by atoms with E-state index < -0.39 is 9.84 Å². The lowest BCUT2D eigenvalue weighted by molar-refractivity contribution is -0.120. The molecule has 1 aromatic heterocycles. The molecule has 8 heteroatoms. The monoisotopic (exact) mass is 445 g/mol. The molecule has 1 heterocycles. The highest BCUT2D eigenvalue weighted by molar-refractivity contribution is 7.92. The standard InChI is InChI=1S/C22H24ClN3O3S/c23-19-13-17(26-15-25-20-7-3-4-8-21(20)26)10-9-16(19)14-24-22(27)11-12-30(28,29)18-5-1-2-6-18/h3-4,7-10,13,15,18H,1-2,5-6,11-12,14H2,(H,24,27). The molecule has 0 atom stereocenters. The molecule has 2 aromatic carbocycles. The summed E-state index contributed by atoms with van der Waals surface area (Å²) in [6.45, 7) is 0.256. The molecule has 0 radical (unpaired) electrons. The first-order chi connectivity index (χ1) is 14.4. The number of benzene rings is 2. The van der Waals surface area contributed by atoms with E-state index in [1.165, 1.54) is 0 Å². The number of rotatable bonds is 7. The topological polar surface area (TPSA) is 81.1 Å².